The van der Waals surface area contributed by atoms with Crippen molar-refractivity contribution >= 4 is 27.5 Å². The average molecular weight is 340 g/mol. The lowest BCUT2D eigenvalue weighted by molar-refractivity contribution is 0.177. The number of benzene rings is 2. The lowest BCUT2D eigenvalue weighted by atomic mass is 9.94. The molecule has 0 aromatic heterocycles. The molecule has 0 aliphatic rings. The number of aryl methyl sites for hydroxylation is 2. The largest absolute Gasteiger partial charge is 0.388 e. The van der Waals surface area contributed by atoms with Gasteiger partial charge in [-0.25, -0.2) is 0 Å². The molecule has 19 heavy (non-hydrogen) atoms. The van der Waals surface area contributed by atoms with E-state index in [0.29, 0.717) is 11.4 Å². The van der Waals surface area contributed by atoms with Crippen LogP contribution in [0, 0.1) is 13.8 Å². The number of aliphatic hydroxyl groups is 1. The Morgan fingerprint density at radius 2 is 1.79 bits per heavy atom. The first-order valence-corrected chi connectivity index (χ1v) is 7.34. The Labute approximate surface area is 127 Å². The number of rotatable bonds is 3. The van der Waals surface area contributed by atoms with Gasteiger partial charge in [-0.1, -0.05) is 45.7 Å². The first-order valence-electron chi connectivity index (χ1n) is 6.17. The fourth-order valence-corrected chi connectivity index (χ4v) is 2.94. The van der Waals surface area contributed by atoms with Crippen molar-refractivity contribution in [3.05, 3.63) is 68.1 Å². The quantitative estimate of drug-likeness (QED) is 0.834. The van der Waals surface area contributed by atoms with Crippen molar-refractivity contribution in [2.75, 3.05) is 0 Å². The zero-order valence-corrected chi connectivity index (χ0v) is 13.3. The predicted octanol–water partition coefficient (Wildman–Crippen LogP) is 5.00. The number of hydrogen-bond donors (Lipinski definition) is 1. The molecule has 0 saturated carbocycles. The highest BCUT2D eigenvalue weighted by Crippen LogP contribution is 2.30. The summed E-state index contributed by atoms with van der Waals surface area (Å²) < 4.78 is 0.885. The summed E-state index contributed by atoms with van der Waals surface area (Å²) in [6.45, 7) is 4.14. The van der Waals surface area contributed by atoms with Gasteiger partial charge in [-0.05, 0) is 54.3 Å². The van der Waals surface area contributed by atoms with Crippen molar-refractivity contribution in [3.8, 4) is 0 Å². The molecular formula is C16H16BrClO. The monoisotopic (exact) mass is 338 g/mol. The van der Waals surface area contributed by atoms with E-state index < -0.39 is 6.10 Å². The van der Waals surface area contributed by atoms with Crippen molar-refractivity contribution in [1.82, 2.24) is 0 Å². The van der Waals surface area contributed by atoms with Crippen molar-refractivity contribution in [3.63, 3.8) is 0 Å². The highest BCUT2D eigenvalue weighted by Gasteiger charge is 2.15. The zero-order valence-electron chi connectivity index (χ0n) is 11.0. The van der Waals surface area contributed by atoms with E-state index in [1.807, 2.05) is 18.2 Å². The molecule has 2 aromatic rings. The van der Waals surface area contributed by atoms with Gasteiger partial charge in [0.05, 0.1) is 6.10 Å². The summed E-state index contributed by atoms with van der Waals surface area (Å²) in [7, 11) is 0. The minimum Gasteiger partial charge on any atom is -0.388 e. The molecule has 0 bridgehead atoms. The number of aliphatic hydroxyl groups excluding tert-OH is 1. The smallest absolute Gasteiger partial charge is 0.0841 e. The van der Waals surface area contributed by atoms with E-state index in [1.54, 1.807) is 6.07 Å². The van der Waals surface area contributed by atoms with E-state index in [9.17, 15) is 5.11 Å². The standard InChI is InChI=1S/C16H16BrClO/c1-10-4-3-5-11(2)13(10)9-16(19)14-8-12(18)6-7-15(14)17/h3-8,16,19H,9H2,1-2H3. The molecule has 2 aromatic carbocycles. The van der Waals surface area contributed by atoms with Gasteiger partial charge in [0.1, 0.15) is 0 Å². The van der Waals surface area contributed by atoms with Crippen LogP contribution < -0.4 is 0 Å². The minimum atomic E-state index is -0.562. The van der Waals surface area contributed by atoms with Gasteiger partial charge >= 0.3 is 0 Å². The molecule has 0 heterocycles. The van der Waals surface area contributed by atoms with Crippen molar-refractivity contribution < 1.29 is 5.11 Å². The third kappa shape index (κ3) is 3.38. The molecule has 3 heteroatoms. The second-order valence-corrected chi connectivity index (χ2v) is 6.05. The van der Waals surface area contributed by atoms with Crippen LogP contribution in [0.3, 0.4) is 0 Å². The fourth-order valence-electron chi connectivity index (χ4n) is 2.24. The van der Waals surface area contributed by atoms with Crippen molar-refractivity contribution in [2.24, 2.45) is 0 Å². The van der Waals surface area contributed by atoms with E-state index in [1.165, 1.54) is 16.7 Å². The lowest BCUT2D eigenvalue weighted by Crippen LogP contribution is -2.05. The highest BCUT2D eigenvalue weighted by atomic mass is 79.9. The predicted molar refractivity (Wildman–Crippen MR) is 83.7 cm³/mol. The summed E-state index contributed by atoms with van der Waals surface area (Å²) in [6, 6.07) is 11.7. The van der Waals surface area contributed by atoms with Crippen LogP contribution in [0.15, 0.2) is 40.9 Å². The van der Waals surface area contributed by atoms with E-state index >= 15 is 0 Å². The maximum Gasteiger partial charge on any atom is 0.0841 e. The summed E-state index contributed by atoms with van der Waals surface area (Å²) >= 11 is 9.46. The van der Waals surface area contributed by atoms with E-state index in [2.05, 4.69) is 41.9 Å². The second kappa shape index (κ2) is 6.08. The van der Waals surface area contributed by atoms with Gasteiger partial charge < -0.3 is 5.11 Å². The lowest BCUT2D eigenvalue weighted by Gasteiger charge is -2.16. The molecule has 0 aliphatic heterocycles. The second-order valence-electron chi connectivity index (χ2n) is 4.76. The van der Waals surface area contributed by atoms with E-state index in [-0.39, 0.29) is 0 Å². The molecular weight excluding hydrogens is 324 g/mol. The van der Waals surface area contributed by atoms with Crippen LogP contribution in [0.25, 0.3) is 0 Å². The topological polar surface area (TPSA) is 20.2 Å². The normalized spacial score (nSPS) is 12.5. The van der Waals surface area contributed by atoms with Crippen molar-refractivity contribution in [2.45, 2.75) is 26.4 Å². The van der Waals surface area contributed by atoms with Crippen LogP contribution >= 0.6 is 27.5 Å². The summed E-state index contributed by atoms with van der Waals surface area (Å²) in [5.74, 6) is 0. The SMILES string of the molecule is Cc1cccc(C)c1CC(O)c1cc(Cl)ccc1Br. The molecule has 1 unspecified atom stereocenters. The van der Waals surface area contributed by atoms with E-state index in [4.69, 9.17) is 11.6 Å². The Morgan fingerprint density at radius 3 is 2.42 bits per heavy atom. The molecule has 0 spiro atoms. The number of halogens is 2. The fraction of sp³-hybridized carbons (Fsp3) is 0.250. The van der Waals surface area contributed by atoms with Gasteiger partial charge in [0.25, 0.3) is 0 Å². The van der Waals surface area contributed by atoms with Crippen molar-refractivity contribution in [1.29, 1.82) is 0 Å². The van der Waals surface area contributed by atoms with Gasteiger partial charge in [-0.2, -0.15) is 0 Å². The zero-order chi connectivity index (χ0) is 14.0. The Kier molecular flexibility index (Phi) is 4.67. The first kappa shape index (κ1) is 14.6. The number of hydrogen-bond acceptors (Lipinski definition) is 1. The Balaban J connectivity index is 2.31. The minimum absolute atomic E-state index is 0.562. The summed E-state index contributed by atoms with van der Waals surface area (Å²) in [5.41, 5.74) is 4.44. The van der Waals surface area contributed by atoms with E-state index in [0.717, 1.165) is 10.0 Å². The van der Waals surface area contributed by atoms with Crippen LogP contribution in [0.5, 0.6) is 0 Å². The highest BCUT2D eigenvalue weighted by molar-refractivity contribution is 9.10. The maximum atomic E-state index is 10.4. The molecule has 1 atom stereocenters. The van der Waals surface area contributed by atoms with Gasteiger partial charge in [0.2, 0.25) is 0 Å². The summed E-state index contributed by atoms with van der Waals surface area (Å²) in [4.78, 5) is 0. The van der Waals surface area contributed by atoms with Crippen LogP contribution in [0.4, 0.5) is 0 Å². The van der Waals surface area contributed by atoms with Crippen LogP contribution in [-0.4, -0.2) is 5.11 Å². The Bertz CT molecular complexity index is 575. The first-order chi connectivity index (χ1) is 8.99. The molecule has 2 rings (SSSR count). The van der Waals surface area contributed by atoms with Gasteiger partial charge in [0, 0.05) is 15.9 Å². The molecule has 1 nitrogen and oxygen atoms in total. The van der Waals surface area contributed by atoms with Gasteiger partial charge in [-0.15, -0.1) is 0 Å². The van der Waals surface area contributed by atoms with Gasteiger partial charge in [0.15, 0.2) is 0 Å². The Morgan fingerprint density at radius 1 is 1.16 bits per heavy atom. The van der Waals surface area contributed by atoms with Crippen LogP contribution in [-0.2, 0) is 6.42 Å². The third-order valence-electron chi connectivity index (χ3n) is 3.36. The molecule has 0 aliphatic carbocycles. The Hall–Kier alpha value is -0.830. The summed E-state index contributed by atoms with van der Waals surface area (Å²) in [6.07, 6.45) is 0.0325. The molecule has 0 fully saturated rings. The molecule has 0 amide bonds. The molecule has 100 valence electrons. The average Bonchev–Trinajstić information content (AvgIpc) is 2.37. The van der Waals surface area contributed by atoms with Gasteiger partial charge in [-0.3, -0.25) is 0 Å². The third-order valence-corrected chi connectivity index (χ3v) is 4.32. The summed E-state index contributed by atoms with van der Waals surface area (Å²) in [5, 5.41) is 11.1. The maximum absolute atomic E-state index is 10.4. The molecule has 0 saturated heterocycles. The molecule has 0 radical (unpaired) electrons. The van der Waals surface area contributed by atoms with Crippen LogP contribution in [0.1, 0.15) is 28.4 Å². The molecule has 1 N–H and O–H groups in total. The van der Waals surface area contributed by atoms with Crippen LogP contribution in [0.2, 0.25) is 5.02 Å².